The maximum Gasteiger partial charge on any atom is 0.294 e. The van der Waals surface area contributed by atoms with Crippen LogP contribution in [0.1, 0.15) is 39.5 Å². The summed E-state index contributed by atoms with van der Waals surface area (Å²) in [7, 11) is 1.83. The van der Waals surface area contributed by atoms with Gasteiger partial charge in [-0.1, -0.05) is 26.7 Å². The predicted molar refractivity (Wildman–Crippen MR) is 112 cm³/mol. The van der Waals surface area contributed by atoms with Gasteiger partial charge in [0.25, 0.3) is 5.69 Å². The van der Waals surface area contributed by atoms with Gasteiger partial charge in [-0.05, 0) is 38.1 Å². The fraction of sp³-hybridized carbons (Fsp3) is 0.619. The van der Waals surface area contributed by atoms with E-state index in [-0.39, 0.29) is 29.3 Å². The van der Waals surface area contributed by atoms with Crippen molar-refractivity contribution in [2.75, 3.05) is 43.0 Å². The number of nitrogens with zero attached hydrogens (tertiary/aromatic N) is 4. The Labute approximate surface area is 171 Å². The van der Waals surface area contributed by atoms with Gasteiger partial charge in [0.05, 0.1) is 22.4 Å². The normalized spacial score (nSPS) is 21.6. The van der Waals surface area contributed by atoms with Gasteiger partial charge in [-0.3, -0.25) is 19.7 Å². The Balaban J connectivity index is 1.85. The van der Waals surface area contributed by atoms with Crippen molar-refractivity contribution < 1.29 is 14.5 Å². The van der Waals surface area contributed by atoms with E-state index in [9.17, 15) is 19.7 Å². The van der Waals surface area contributed by atoms with Crippen LogP contribution in [0.25, 0.3) is 0 Å². The Bertz CT molecular complexity index is 769. The summed E-state index contributed by atoms with van der Waals surface area (Å²) in [6, 6.07) is 4.68. The molecule has 1 saturated heterocycles. The first-order valence-electron chi connectivity index (χ1n) is 10.5. The van der Waals surface area contributed by atoms with E-state index in [1.54, 1.807) is 12.1 Å². The number of amides is 2. The second-order valence-corrected chi connectivity index (χ2v) is 7.89. The number of anilines is 2. The number of nitro groups is 1. The molecule has 2 amide bonds. The van der Waals surface area contributed by atoms with Crippen LogP contribution in [-0.4, -0.2) is 54.9 Å². The Hall–Kier alpha value is -2.48. The molecule has 1 aliphatic carbocycles. The molecule has 0 N–H and O–H groups in total. The molecule has 8 heteroatoms. The molecule has 1 aromatic rings. The van der Waals surface area contributed by atoms with Crippen LogP contribution in [0.4, 0.5) is 17.1 Å². The van der Waals surface area contributed by atoms with Crippen LogP contribution in [-0.2, 0) is 9.59 Å². The molecule has 29 heavy (non-hydrogen) atoms. The van der Waals surface area contributed by atoms with Crippen LogP contribution in [0.15, 0.2) is 18.2 Å². The Morgan fingerprint density at radius 2 is 1.66 bits per heavy atom. The second-order valence-electron chi connectivity index (χ2n) is 7.89. The summed E-state index contributed by atoms with van der Waals surface area (Å²) < 4.78 is 0. The number of hydrogen-bond acceptors (Lipinski definition) is 6. The minimum atomic E-state index is -0.440. The third-order valence-corrected chi connectivity index (χ3v) is 6.31. The Kier molecular flexibility index (Phi) is 6.52. The zero-order chi connectivity index (χ0) is 21.1. The molecule has 1 saturated carbocycles. The van der Waals surface area contributed by atoms with Gasteiger partial charge in [0.2, 0.25) is 11.8 Å². The van der Waals surface area contributed by atoms with Gasteiger partial charge in [0.15, 0.2) is 0 Å². The number of nitro benzene ring substituents is 1. The van der Waals surface area contributed by atoms with E-state index >= 15 is 0 Å². The monoisotopic (exact) mass is 402 g/mol. The maximum absolute atomic E-state index is 12.8. The number of likely N-dealkylation sites (N-methyl/N-ethyl adjacent to an activating group) is 2. The summed E-state index contributed by atoms with van der Waals surface area (Å²) >= 11 is 0. The van der Waals surface area contributed by atoms with Crippen LogP contribution in [0.2, 0.25) is 0 Å². The zero-order valence-corrected chi connectivity index (χ0v) is 17.5. The minimum Gasteiger partial charge on any atom is -0.368 e. The summed E-state index contributed by atoms with van der Waals surface area (Å²) in [4.78, 5) is 42.2. The van der Waals surface area contributed by atoms with Crippen molar-refractivity contribution >= 4 is 28.9 Å². The molecular weight excluding hydrogens is 372 g/mol. The van der Waals surface area contributed by atoms with E-state index < -0.39 is 4.92 Å². The molecule has 8 nitrogen and oxygen atoms in total. The molecule has 0 bridgehead atoms. The molecule has 3 rings (SSSR count). The Morgan fingerprint density at radius 3 is 2.17 bits per heavy atom. The fourth-order valence-corrected chi connectivity index (χ4v) is 4.49. The maximum atomic E-state index is 12.8. The third kappa shape index (κ3) is 4.12. The Morgan fingerprint density at radius 1 is 1.07 bits per heavy atom. The number of carbonyl (C=O) groups is 2. The molecule has 1 aliphatic heterocycles. The molecule has 1 heterocycles. The number of benzene rings is 1. The van der Waals surface area contributed by atoms with Crippen LogP contribution in [0.5, 0.6) is 0 Å². The molecule has 0 unspecified atom stereocenters. The zero-order valence-electron chi connectivity index (χ0n) is 17.5. The first-order valence-corrected chi connectivity index (χ1v) is 10.5. The van der Waals surface area contributed by atoms with E-state index in [2.05, 4.69) is 18.7 Å². The molecule has 2 atom stereocenters. The lowest BCUT2D eigenvalue weighted by atomic mass is 9.81. The second kappa shape index (κ2) is 8.90. The predicted octanol–water partition coefficient (Wildman–Crippen LogP) is 3.05. The van der Waals surface area contributed by atoms with E-state index in [0.717, 1.165) is 45.3 Å². The average molecular weight is 402 g/mol. The molecule has 0 radical (unpaired) electrons. The number of carbonyl (C=O) groups excluding carboxylic acids is 2. The van der Waals surface area contributed by atoms with Crippen molar-refractivity contribution in [2.45, 2.75) is 39.5 Å². The van der Waals surface area contributed by atoms with Crippen LogP contribution in [0.3, 0.4) is 0 Å². The summed E-state index contributed by atoms with van der Waals surface area (Å²) in [6.45, 7) is 7.47. The lowest BCUT2D eigenvalue weighted by Gasteiger charge is -2.25. The van der Waals surface area contributed by atoms with Crippen LogP contribution in [0, 0.1) is 22.0 Å². The van der Waals surface area contributed by atoms with E-state index in [1.807, 2.05) is 11.9 Å². The highest BCUT2D eigenvalue weighted by molar-refractivity contribution is 6.22. The topological polar surface area (TPSA) is 87.0 Å². The highest BCUT2D eigenvalue weighted by atomic mass is 16.6. The standard InChI is InChI=1S/C21H30N4O4/c1-4-23(5-2)13-12-22(3)18-11-10-15(14-19(18)25(28)29)24-20(26)16-8-6-7-9-17(16)21(24)27/h10-11,14,16-17H,4-9,12-13H2,1-3H3/t16-,17+. The quantitative estimate of drug-likeness (QED) is 0.377. The van der Waals surface area contributed by atoms with Gasteiger partial charge >= 0.3 is 0 Å². The molecule has 158 valence electrons. The largest absolute Gasteiger partial charge is 0.368 e. The van der Waals surface area contributed by atoms with E-state index in [4.69, 9.17) is 0 Å². The van der Waals surface area contributed by atoms with Crippen molar-refractivity contribution in [3.05, 3.63) is 28.3 Å². The minimum absolute atomic E-state index is 0.0833. The number of rotatable bonds is 8. The summed E-state index contributed by atoms with van der Waals surface area (Å²) in [5.41, 5.74) is 0.712. The number of hydrogen-bond donors (Lipinski definition) is 0. The van der Waals surface area contributed by atoms with Crippen molar-refractivity contribution in [1.82, 2.24) is 4.90 Å². The highest BCUT2D eigenvalue weighted by Crippen LogP contribution is 2.41. The van der Waals surface area contributed by atoms with Gasteiger partial charge in [-0.15, -0.1) is 0 Å². The van der Waals surface area contributed by atoms with E-state index in [0.29, 0.717) is 17.9 Å². The van der Waals surface area contributed by atoms with Gasteiger partial charge in [0.1, 0.15) is 5.69 Å². The SMILES string of the molecule is CCN(CC)CCN(C)c1ccc(N2C(=O)[C@H]3CCCC[C@H]3C2=O)cc1[N+](=O)[O-]. The van der Waals surface area contributed by atoms with Crippen molar-refractivity contribution in [3.8, 4) is 0 Å². The highest BCUT2D eigenvalue weighted by Gasteiger charge is 2.49. The molecule has 0 aromatic heterocycles. The van der Waals surface area contributed by atoms with Crippen molar-refractivity contribution in [2.24, 2.45) is 11.8 Å². The lowest BCUT2D eigenvalue weighted by Crippen LogP contribution is -2.33. The van der Waals surface area contributed by atoms with Crippen LogP contribution < -0.4 is 9.80 Å². The van der Waals surface area contributed by atoms with Gasteiger partial charge in [-0.2, -0.15) is 0 Å². The molecule has 2 aliphatic rings. The van der Waals surface area contributed by atoms with Crippen LogP contribution >= 0.6 is 0 Å². The van der Waals surface area contributed by atoms with Gasteiger partial charge in [-0.25, -0.2) is 4.90 Å². The molecule has 1 aromatic carbocycles. The molecule has 0 spiro atoms. The third-order valence-electron chi connectivity index (χ3n) is 6.31. The fourth-order valence-electron chi connectivity index (χ4n) is 4.49. The number of imide groups is 1. The lowest BCUT2D eigenvalue weighted by molar-refractivity contribution is -0.384. The number of fused-ring (bicyclic) bond motifs is 1. The van der Waals surface area contributed by atoms with Crippen molar-refractivity contribution in [1.29, 1.82) is 0 Å². The molecular formula is C21H30N4O4. The summed E-state index contributed by atoms with van der Waals surface area (Å²) in [5, 5.41) is 11.7. The molecule has 2 fully saturated rings. The van der Waals surface area contributed by atoms with E-state index in [1.165, 1.54) is 11.0 Å². The summed E-state index contributed by atoms with van der Waals surface area (Å²) in [5.74, 6) is -0.966. The average Bonchev–Trinajstić information content (AvgIpc) is 2.98. The van der Waals surface area contributed by atoms with Gasteiger partial charge in [0, 0.05) is 26.2 Å². The van der Waals surface area contributed by atoms with Gasteiger partial charge < -0.3 is 9.80 Å². The summed E-state index contributed by atoms with van der Waals surface area (Å²) in [6.07, 6.45) is 3.34. The first kappa shape index (κ1) is 21.2. The first-order chi connectivity index (χ1) is 13.9. The smallest absolute Gasteiger partial charge is 0.294 e. The van der Waals surface area contributed by atoms with Crippen molar-refractivity contribution in [3.63, 3.8) is 0 Å².